The predicted molar refractivity (Wildman–Crippen MR) is 96.4 cm³/mol. The molecule has 3 aromatic rings. The highest BCUT2D eigenvalue weighted by molar-refractivity contribution is 7.13. The Bertz CT molecular complexity index is 894. The third-order valence-corrected chi connectivity index (χ3v) is 4.00. The first kappa shape index (κ1) is 18.1. The van der Waals surface area contributed by atoms with Crippen LogP contribution in [0.3, 0.4) is 0 Å². The number of hydrogen-bond acceptors (Lipinski definition) is 6. The number of nitrogens with zero attached hydrogens (tertiary/aromatic N) is 2. The van der Waals surface area contributed by atoms with Crippen molar-refractivity contribution in [3.05, 3.63) is 64.9 Å². The summed E-state index contributed by atoms with van der Waals surface area (Å²) in [6.45, 7) is 1.90. The van der Waals surface area contributed by atoms with Gasteiger partial charge in [0.2, 0.25) is 0 Å². The molecule has 0 aliphatic heterocycles. The number of pyridine rings is 1. The highest BCUT2D eigenvalue weighted by Crippen LogP contribution is 2.22. The molecule has 3 rings (SSSR count). The van der Waals surface area contributed by atoms with Gasteiger partial charge in [-0.15, -0.1) is 11.3 Å². The molecular formula is C17H16N4O3S. The average Bonchev–Trinajstić information content (AvgIpc) is 3.06. The van der Waals surface area contributed by atoms with E-state index in [1.54, 1.807) is 36.7 Å². The van der Waals surface area contributed by atoms with Crippen LogP contribution in [0.5, 0.6) is 0 Å². The molecule has 0 fully saturated rings. The summed E-state index contributed by atoms with van der Waals surface area (Å²) in [6, 6.07) is 8.79. The first-order valence-electron chi connectivity index (χ1n) is 7.13. The molecule has 8 heteroatoms. The van der Waals surface area contributed by atoms with Crippen molar-refractivity contribution >= 4 is 28.9 Å². The van der Waals surface area contributed by atoms with Gasteiger partial charge in [0.25, 0.3) is 5.91 Å². The van der Waals surface area contributed by atoms with Gasteiger partial charge in [0.15, 0.2) is 5.69 Å². The summed E-state index contributed by atoms with van der Waals surface area (Å²) in [7, 11) is 0. The lowest BCUT2D eigenvalue weighted by molar-refractivity contribution is 0.0691. The minimum absolute atomic E-state index is 0.0776. The van der Waals surface area contributed by atoms with Crippen LogP contribution in [-0.4, -0.2) is 27.0 Å². The minimum Gasteiger partial charge on any atom is -0.476 e. The summed E-state index contributed by atoms with van der Waals surface area (Å²) in [5.74, 6) is -1.49. The lowest BCUT2D eigenvalue weighted by Crippen LogP contribution is -2.13. The fourth-order valence-electron chi connectivity index (χ4n) is 1.90. The molecule has 7 nitrogen and oxygen atoms in total. The minimum atomic E-state index is -1.00. The van der Waals surface area contributed by atoms with E-state index >= 15 is 0 Å². The number of thiazole rings is 1. The van der Waals surface area contributed by atoms with Gasteiger partial charge in [-0.2, -0.15) is 0 Å². The predicted octanol–water partition coefficient (Wildman–Crippen LogP) is 2.58. The molecule has 25 heavy (non-hydrogen) atoms. The quantitative estimate of drug-likeness (QED) is 0.618. The molecule has 0 aliphatic rings. The Kier molecular flexibility index (Phi) is 5.80. The van der Waals surface area contributed by atoms with E-state index in [2.05, 4.69) is 9.97 Å². The number of primary amides is 1. The number of hydrogen-bond donors (Lipinski definition) is 3. The molecule has 1 amide bonds. The van der Waals surface area contributed by atoms with Crippen molar-refractivity contribution in [1.29, 1.82) is 0 Å². The van der Waals surface area contributed by atoms with Gasteiger partial charge < -0.3 is 16.6 Å². The van der Waals surface area contributed by atoms with E-state index in [1.165, 1.54) is 16.7 Å². The van der Waals surface area contributed by atoms with Gasteiger partial charge in [0.05, 0.1) is 5.56 Å². The molecule has 128 valence electrons. The van der Waals surface area contributed by atoms with Gasteiger partial charge in [-0.1, -0.05) is 6.07 Å². The number of nitrogens with two attached hydrogens (primary N) is 2. The molecule has 2 heterocycles. The number of nitrogen functional groups attached to an aromatic ring is 1. The maximum Gasteiger partial charge on any atom is 0.355 e. The highest BCUT2D eigenvalue weighted by Gasteiger charge is 2.09. The third-order valence-electron chi connectivity index (χ3n) is 3.10. The number of amides is 1. The van der Waals surface area contributed by atoms with Crippen LogP contribution in [0.4, 0.5) is 5.69 Å². The van der Waals surface area contributed by atoms with Crippen molar-refractivity contribution in [3.8, 4) is 10.6 Å². The molecule has 0 saturated heterocycles. The Morgan fingerprint density at radius 2 is 2.00 bits per heavy atom. The van der Waals surface area contributed by atoms with E-state index < -0.39 is 11.9 Å². The van der Waals surface area contributed by atoms with Crippen molar-refractivity contribution in [2.24, 2.45) is 5.73 Å². The van der Waals surface area contributed by atoms with Crippen LogP contribution in [0.1, 0.15) is 26.4 Å². The van der Waals surface area contributed by atoms with Crippen LogP contribution >= 0.6 is 11.3 Å². The lowest BCUT2D eigenvalue weighted by atomic mass is 10.1. The number of aromatic nitrogens is 2. The smallest absolute Gasteiger partial charge is 0.355 e. The number of rotatable bonds is 3. The van der Waals surface area contributed by atoms with E-state index in [-0.39, 0.29) is 5.69 Å². The zero-order valence-corrected chi connectivity index (χ0v) is 14.2. The molecule has 2 aromatic heterocycles. The van der Waals surface area contributed by atoms with Gasteiger partial charge in [-0.25, -0.2) is 9.78 Å². The number of carboxylic acids is 1. The lowest BCUT2D eigenvalue weighted by Gasteiger charge is -2.00. The molecule has 0 aliphatic carbocycles. The van der Waals surface area contributed by atoms with Crippen LogP contribution < -0.4 is 11.5 Å². The Morgan fingerprint density at radius 1 is 1.24 bits per heavy atom. The molecule has 1 aromatic carbocycles. The maximum atomic E-state index is 10.7. The fraction of sp³-hybridized carbons (Fsp3) is 0.0588. The number of carboxylic acid groups (broad SMARTS) is 1. The molecule has 0 spiro atoms. The summed E-state index contributed by atoms with van der Waals surface area (Å²) in [4.78, 5) is 29.1. The first-order valence-corrected chi connectivity index (χ1v) is 8.01. The summed E-state index contributed by atoms with van der Waals surface area (Å²) >= 11 is 1.30. The van der Waals surface area contributed by atoms with Crippen LogP contribution in [0.25, 0.3) is 10.6 Å². The highest BCUT2D eigenvalue weighted by atomic mass is 32.1. The monoisotopic (exact) mass is 356 g/mol. The molecule has 0 bridgehead atoms. The second-order valence-electron chi connectivity index (χ2n) is 5.04. The van der Waals surface area contributed by atoms with Gasteiger partial charge in [0.1, 0.15) is 5.01 Å². The molecule has 0 radical (unpaired) electrons. The number of carbonyl (C=O) groups is 2. The largest absolute Gasteiger partial charge is 0.476 e. The topological polar surface area (TPSA) is 132 Å². The van der Waals surface area contributed by atoms with E-state index in [0.717, 1.165) is 11.1 Å². The van der Waals surface area contributed by atoms with E-state index in [0.29, 0.717) is 16.3 Å². The maximum absolute atomic E-state index is 10.7. The standard InChI is InChI=1S/C9H6N2O2S.C8H10N2O/c12-9(13)7-5-14-8(11-7)6-2-1-3-10-4-6;1-5-2-3-6(8(10)11)7(9)4-5/h1-5H,(H,12,13);2-4H,9H2,1H3,(H2,10,11). The molecule has 5 N–H and O–H groups in total. The Morgan fingerprint density at radius 3 is 2.52 bits per heavy atom. The normalized spacial score (nSPS) is 9.80. The number of aromatic carboxylic acids is 1. The van der Waals surface area contributed by atoms with Gasteiger partial charge in [0, 0.05) is 29.0 Å². The Hall–Kier alpha value is -3.26. The zero-order chi connectivity index (χ0) is 18.4. The molecular weight excluding hydrogens is 340 g/mol. The Balaban J connectivity index is 0.000000186. The van der Waals surface area contributed by atoms with Gasteiger partial charge >= 0.3 is 5.97 Å². The summed E-state index contributed by atoms with van der Waals surface area (Å²) in [5.41, 5.74) is 13.3. The fourth-order valence-corrected chi connectivity index (χ4v) is 2.69. The van der Waals surface area contributed by atoms with Crippen molar-refractivity contribution in [1.82, 2.24) is 9.97 Å². The van der Waals surface area contributed by atoms with Gasteiger partial charge in [-0.3, -0.25) is 9.78 Å². The van der Waals surface area contributed by atoms with Crippen LogP contribution in [0.15, 0.2) is 48.1 Å². The van der Waals surface area contributed by atoms with E-state index in [1.807, 2.05) is 13.0 Å². The number of anilines is 1. The number of aryl methyl sites for hydroxylation is 1. The summed E-state index contributed by atoms with van der Waals surface area (Å²) in [5, 5.41) is 10.9. The SMILES string of the molecule is Cc1ccc(C(N)=O)c(N)c1.O=C(O)c1csc(-c2cccnc2)n1. The molecule has 0 atom stereocenters. The van der Waals surface area contributed by atoms with Crippen molar-refractivity contribution in [3.63, 3.8) is 0 Å². The molecule has 0 unspecified atom stereocenters. The second kappa shape index (κ2) is 8.02. The van der Waals surface area contributed by atoms with Crippen LogP contribution in [0, 0.1) is 6.92 Å². The summed E-state index contributed by atoms with van der Waals surface area (Å²) in [6.07, 6.45) is 3.32. The summed E-state index contributed by atoms with van der Waals surface area (Å²) < 4.78 is 0. The Labute approximate surface area is 148 Å². The average molecular weight is 356 g/mol. The van der Waals surface area contributed by atoms with Crippen molar-refractivity contribution in [2.45, 2.75) is 6.92 Å². The number of benzene rings is 1. The van der Waals surface area contributed by atoms with E-state index in [4.69, 9.17) is 16.6 Å². The van der Waals surface area contributed by atoms with Gasteiger partial charge in [-0.05, 0) is 36.8 Å². The zero-order valence-electron chi connectivity index (χ0n) is 13.3. The van der Waals surface area contributed by atoms with E-state index in [9.17, 15) is 9.59 Å². The third kappa shape index (κ3) is 4.85. The molecule has 0 saturated carbocycles. The second-order valence-corrected chi connectivity index (χ2v) is 5.90. The number of carbonyl (C=O) groups excluding carboxylic acids is 1. The van der Waals surface area contributed by atoms with Crippen molar-refractivity contribution < 1.29 is 14.7 Å². The van der Waals surface area contributed by atoms with Crippen molar-refractivity contribution in [2.75, 3.05) is 5.73 Å². The first-order chi connectivity index (χ1) is 11.9. The van der Waals surface area contributed by atoms with Crippen LogP contribution in [-0.2, 0) is 0 Å². The van der Waals surface area contributed by atoms with Crippen LogP contribution in [0.2, 0.25) is 0 Å².